The summed E-state index contributed by atoms with van der Waals surface area (Å²) in [5, 5.41) is 1.74. The second-order valence-corrected chi connectivity index (χ2v) is 36.8. The number of rotatable bonds is 6. The van der Waals surface area contributed by atoms with Gasteiger partial charge in [0.1, 0.15) is 0 Å². The molecule has 3 aromatic rings. The highest BCUT2D eigenvalue weighted by molar-refractivity contribution is 7.64. The summed E-state index contributed by atoms with van der Waals surface area (Å²) in [5.41, 5.74) is 7.74. The Labute approximate surface area is 308 Å². The van der Waals surface area contributed by atoms with Gasteiger partial charge in [-0.3, -0.25) is 0 Å². The Hall–Kier alpha value is -2.75. The average molecular weight is 723 g/mol. The molecule has 6 rings (SSSR count). The van der Waals surface area contributed by atoms with Crippen LogP contribution in [0.2, 0.25) is 19.6 Å². The van der Waals surface area contributed by atoms with Crippen LogP contribution in [-0.2, 0) is 0 Å². The lowest BCUT2D eigenvalue weighted by Gasteiger charge is -2.69. The third kappa shape index (κ3) is 5.93. The lowest BCUT2D eigenvalue weighted by atomic mass is 9.96. The van der Waals surface area contributed by atoms with Crippen LogP contribution in [0.3, 0.4) is 0 Å². The molecule has 3 aromatic carbocycles. The summed E-state index contributed by atoms with van der Waals surface area (Å²) in [4.78, 5) is 1.87. The molecule has 0 saturated carbocycles. The standard InChI is InChI=1S/C43H66N4Si3/c1-40(2,3)29-44-34-25-19-20-26-35(34)45(30-41(4,5)6)49(44)38(33-23-17-16-18-24-33)39(48(13,14)15)50(49)46(31-42(7,8)9)36-27-21-22-28-37(36)47(50)32-43(10,11)12/h16-28H,29-32H2,1-15H3. The minimum atomic E-state index is -2.87. The minimum absolute atomic E-state index is 0.103. The molecule has 7 heteroatoms. The Kier molecular flexibility index (Phi) is 8.80. The molecule has 0 aliphatic carbocycles. The molecule has 0 bridgehead atoms. The summed E-state index contributed by atoms with van der Waals surface area (Å²) >= 11 is 0. The lowest BCUT2D eigenvalue weighted by Crippen LogP contribution is -2.97. The predicted octanol–water partition coefficient (Wildman–Crippen LogP) is 11.2. The van der Waals surface area contributed by atoms with Crippen LogP contribution in [0.15, 0.2) is 83.7 Å². The number of anilines is 4. The first kappa shape index (κ1) is 37.0. The van der Waals surface area contributed by atoms with E-state index in [4.69, 9.17) is 0 Å². The molecule has 0 aromatic heterocycles. The number of benzene rings is 3. The van der Waals surface area contributed by atoms with Crippen LogP contribution in [0.5, 0.6) is 0 Å². The SMILES string of the molecule is CC(C)(C)CN1c2ccccc2N(CC(C)(C)C)[Si]12C(c1ccccc1)=C([Si](C)(C)C)[Si]21N(CC(C)(C)C)c2ccccc2N1CC(C)(C)C. The zero-order chi connectivity index (χ0) is 36.9. The van der Waals surface area contributed by atoms with Crippen LogP contribution in [0, 0.1) is 21.7 Å². The minimum Gasteiger partial charge on any atom is -0.375 e. The number of hydrogen-bond donors (Lipinski definition) is 0. The van der Waals surface area contributed by atoms with Gasteiger partial charge in [-0.15, -0.1) is 0 Å². The lowest BCUT2D eigenvalue weighted by molar-refractivity contribution is 0.418. The van der Waals surface area contributed by atoms with Crippen LogP contribution < -0.4 is 18.3 Å². The van der Waals surface area contributed by atoms with Gasteiger partial charge >= 0.3 is 15.8 Å². The quantitative estimate of drug-likeness (QED) is 0.235. The van der Waals surface area contributed by atoms with E-state index in [0.29, 0.717) is 0 Å². The Morgan fingerprint density at radius 2 is 0.700 bits per heavy atom. The van der Waals surface area contributed by atoms with E-state index >= 15 is 0 Å². The van der Waals surface area contributed by atoms with Crippen molar-refractivity contribution >= 4 is 51.8 Å². The first-order valence-corrected chi connectivity index (χ1v) is 27.3. The highest BCUT2D eigenvalue weighted by atomic mass is 29.3. The summed E-state index contributed by atoms with van der Waals surface area (Å²) in [6, 6.07) is 30.9. The van der Waals surface area contributed by atoms with Crippen LogP contribution in [-0.4, -0.2) is 50.1 Å². The van der Waals surface area contributed by atoms with Crippen LogP contribution >= 0.6 is 0 Å². The van der Waals surface area contributed by atoms with E-state index in [9.17, 15) is 0 Å². The Bertz CT molecular complexity index is 1680. The molecule has 0 fully saturated rings. The summed E-state index contributed by atoms with van der Waals surface area (Å²) in [6.07, 6.45) is 0. The van der Waals surface area contributed by atoms with E-state index in [1.54, 1.807) is 5.20 Å². The van der Waals surface area contributed by atoms with Gasteiger partial charge in [0.05, 0.1) is 30.8 Å². The average Bonchev–Trinajstić information content (AvgIpc) is 3.37. The van der Waals surface area contributed by atoms with Crippen molar-refractivity contribution in [2.45, 2.75) is 103 Å². The zero-order valence-corrected chi connectivity index (χ0v) is 37.1. The highest BCUT2D eigenvalue weighted by Gasteiger charge is 2.86. The molecule has 50 heavy (non-hydrogen) atoms. The summed E-state index contributed by atoms with van der Waals surface area (Å²) in [6.45, 7) is 41.7. The van der Waals surface area contributed by atoms with Gasteiger partial charge in [-0.05, 0) is 61.5 Å². The number of nitrogens with zero attached hydrogens (tertiary/aromatic N) is 4. The van der Waals surface area contributed by atoms with Crippen molar-refractivity contribution in [1.82, 2.24) is 0 Å². The summed E-state index contributed by atoms with van der Waals surface area (Å²) in [5.74, 6) is 0. The fourth-order valence-corrected chi connectivity index (χ4v) is 42.8. The van der Waals surface area contributed by atoms with Crippen molar-refractivity contribution < 1.29 is 0 Å². The Morgan fingerprint density at radius 3 is 0.980 bits per heavy atom. The third-order valence-electron chi connectivity index (χ3n) is 10.3. The van der Waals surface area contributed by atoms with E-state index in [-0.39, 0.29) is 21.7 Å². The second kappa shape index (κ2) is 11.9. The molecule has 4 nitrogen and oxygen atoms in total. The normalized spacial score (nSPS) is 18.7. The van der Waals surface area contributed by atoms with Crippen LogP contribution in [0.4, 0.5) is 22.7 Å². The number of hydrogen-bond acceptors (Lipinski definition) is 4. The molecule has 3 heterocycles. The number of para-hydroxylation sites is 4. The van der Waals surface area contributed by atoms with Crippen LogP contribution in [0.25, 0.3) is 5.20 Å². The largest absolute Gasteiger partial charge is 0.375 e. The molecular weight excluding hydrogens is 657 g/mol. The van der Waals surface area contributed by atoms with Crippen molar-refractivity contribution in [3.63, 3.8) is 0 Å². The molecule has 0 saturated heterocycles. The number of fused-ring (bicyclic) bond motifs is 3. The van der Waals surface area contributed by atoms with Gasteiger partial charge in [0.25, 0.3) is 0 Å². The first-order valence-electron chi connectivity index (χ1n) is 19.0. The van der Waals surface area contributed by atoms with Gasteiger partial charge in [-0.1, -0.05) is 157 Å². The molecule has 270 valence electrons. The van der Waals surface area contributed by atoms with Crippen molar-refractivity contribution in [3.05, 3.63) is 89.2 Å². The van der Waals surface area contributed by atoms with Gasteiger partial charge in [0.2, 0.25) is 0 Å². The van der Waals surface area contributed by atoms with E-state index < -0.39 is 23.9 Å². The highest BCUT2D eigenvalue weighted by Crippen LogP contribution is 2.67. The molecule has 0 radical (unpaired) electrons. The molecular formula is C43H66N4Si3. The Balaban J connectivity index is 1.90. The van der Waals surface area contributed by atoms with Gasteiger partial charge in [0.15, 0.2) is 0 Å². The van der Waals surface area contributed by atoms with Crippen LogP contribution in [0.1, 0.15) is 88.6 Å². The maximum atomic E-state index is 3.12. The predicted molar refractivity (Wildman–Crippen MR) is 228 cm³/mol. The first-order chi connectivity index (χ1) is 22.9. The molecule has 0 amide bonds. The van der Waals surface area contributed by atoms with Crippen molar-refractivity contribution in [2.24, 2.45) is 21.7 Å². The maximum absolute atomic E-state index is 3.12. The zero-order valence-electron chi connectivity index (χ0n) is 34.1. The molecule has 0 atom stereocenters. The monoisotopic (exact) mass is 722 g/mol. The maximum Gasteiger partial charge on any atom is 0.335 e. The van der Waals surface area contributed by atoms with Gasteiger partial charge < -0.3 is 18.3 Å². The van der Waals surface area contributed by atoms with Gasteiger partial charge in [-0.2, -0.15) is 0 Å². The molecule has 3 aliphatic heterocycles. The van der Waals surface area contributed by atoms with Crippen molar-refractivity contribution in [3.8, 4) is 0 Å². The molecule has 3 aliphatic rings. The fraction of sp³-hybridized carbons (Fsp3) is 0.535. The van der Waals surface area contributed by atoms with Crippen molar-refractivity contribution in [2.75, 3.05) is 44.4 Å². The van der Waals surface area contributed by atoms with Gasteiger partial charge in [-0.25, -0.2) is 0 Å². The third-order valence-corrected chi connectivity index (χ3v) is 32.1. The van der Waals surface area contributed by atoms with E-state index in [1.807, 2.05) is 4.82 Å². The summed E-state index contributed by atoms with van der Waals surface area (Å²) < 4.78 is 12.4. The van der Waals surface area contributed by atoms with E-state index in [2.05, 4.69) is 200 Å². The Morgan fingerprint density at radius 1 is 0.420 bits per heavy atom. The molecule has 0 unspecified atom stereocenters. The van der Waals surface area contributed by atoms with Crippen molar-refractivity contribution in [1.29, 1.82) is 0 Å². The van der Waals surface area contributed by atoms with E-state index in [1.165, 1.54) is 28.3 Å². The fourth-order valence-electron chi connectivity index (χ4n) is 9.30. The molecule has 2 spiro atoms. The second-order valence-electron chi connectivity index (χ2n) is 21.3. The molecule has 0 N–H and O–H groups in total. The smallest absolute Gasteiger partial charge is 0.335 e. The topological polar surface area (TPSA) is 13.0 Å². The van der Waals surface area contributed by atoms with Gasteiger partial charge in [0, 0.05) is 26.2 Å². The summed E-state index contributed by atoms with van der Waals surface area (Å²) in [7, 11) is -7.65. The van der Waals surface area contributed by atoms with E-state index in [0.717, 1.165) is 26.2 Å².